The first-order valence-electron chi connectivity index (χ1n) is 14.1. The van der Waals surface area contributed by atoms with Crippen LogP contribution < -0.4 is 10.1 Å². The number of halogens is 1. The maximum Gasteiger partial charge on any atom is 0.307 e. The van der Waals surface area contributed by atoms with Crippen molar-refractivity contribution in [1.29, 1.82) is 0 Å². The second kappa shape index (κ2) is 10.9. The zero-order chi connectivity index (χ0) is 27.9. The molecule has 1 saturated carbocycles. The van der Waals surface area contributed by atoms with Gasteiger partial charge in [0.2, 0.25) is 0 Å². The lowest BCUT2D eigenvalue weighted by atomic mass is 9.94. The van der Waals surface area contributed by atoms with Gasteiger partial charge in [-0.2, -0.15) is 0 Å². The van der Waals surface area contributed by atoms with Crippen molar-refractivity contribution < 1.29 is 27.4 Å². The number of sulfone groups is 1. The summed E-state index contributed by atoms with van der Waals surface area (Å²) in [5.74, 6) is 0.389. The van der Waals surface area contributed by atoms with E-state index in [9.17, 15) is 13.2 Å². The van der Waals surface area contributed by atoms with Gasteiger partial charge in [0.25, 0.3) is 0 Å². The number of aryl methyl sites for hydroxylation is 2. The van der Waals surface area contributed by atoms with Gasteiger partial charge >= 0.3 is 5.97 Å². The van der Waals surface area contributed by atoms with Gasteiger partial charge < -0.3 is 15.2 Å². The number of carbonyl (C=O) groups is 1. The van der Waals surface area contributed by atoms with Crippen molar-refractivity contribution in [2.24, 2.45) is 11.8 Å². The van der Waals surface area contributed by atoms with Gasteiger partial charge in [-0.1, -0.05) is 18.2 Å². The Morgan fingerprint density at radius 2 is 1.70 bits per heavy atom. The molecule has 1 heterocycles. The number of carboxylic acid groups (broad SMARTS) is 1. The minimum absolute atomic E-state index is 0.0886. The van der Waals surface area contributed by atoms with Crippen molar-refractivity contribution in [1.82, 2.24) is 0 Å². The van der Waals surface area contributed by atoms with Crippen molar-refractivity contribution >= 4 is 21.5 Å². The number of nitrogens with one attached hydrogen (secondary N) is 1. The van der Waals surface area contributed by atoms with Gasteiger partial charge in [0.1, 0.15) is 21.4 Å². The average Bonchev–Trinajstić information content (AvgIpc) is 3.76. The summed E-state index contributed by atoms with van der Waals surface area (Å²) in [6, 6.07) is 17.5. The van der Waals surface area contributed by atoms with E-state index in [0.717, 1.165) is 53.0 Å². The molecular formula is C32H34FNO5S. The number of aliphatic carboxylic acids is 1. The van der Waals surface area contributed by atoms with Crippen LogP contribution >= 0.6 is 0 Å². The molecule has 1 aliphatic heterocycles. The first-order valence-corrected chi connectivity index (χ1v) is 15.9. The summed E-state index contributed by atoms with van der Waals surface area (Å²) >= 11 is 0. The fourth-order valence-corrected chi connectivity index (χ4v) is 7.64. The molecule has 2 atom stereocenters. The Balaban J connectivity index is 1.14. The Bertz CT molecular complexity index is 1520. The molecule has 210 valence electrons. The molecule has 2 N–H and O–H groups in total. The van der Waals surface area contributed by atoms with E-state index in [0.29, 0.717) is 38.0 Å². The summed E-state index contributed by atoms with van der Waals surface area (Å²) in [6.07, 6.45) is 4.61. The van der Waals surface area contributed by atoms with E-state index >= 15 is 4.39 Å². The number of ether oxygens (including phenoxy) is 1. The van der Waals surface area contributed by atoms with Crippen molar-refractivity contribution in [2.75, 3.05) is 23.4 Å². The van der Waals surface area contributed by atoms with Crippen LogP contribution in [0.5, 0.6) is 5.75 Å². The number of hydrogen-bond donors (Lipinski definition) is 2. The van der Waals surface area contributed by atoms with E-state index in [1.165, 1.54) is 5.56 Å². The van der Waals surface area contributed by atoms with Crippen LogP contribution in [0.15, 0.2) is 54.6 Å². The third kappa shape index (κ3) is 5.87. The molecule has 0 spiro atoms. The monoisotopic (exact) mass is 563 g/mol. The molecule has 8 heteroatoms. The standard InChI is InChI=1S/C32H34FNO5S/c33-31-16-23-3-1-2-22-14-26(39-19-20-10-12-40(37,38)13-11-20)8-9-27(22)28(23)15-24(31)18-34-25-6-4-21(5-7-25)29-17-30(29)32(35)36/h4-9,14-16,20,29-30,34H,1-3,10-13,17-19H2,(H,35,36). The molecule has 40 heavy (non-hydrogen) atoms. The van der Waals surface area contributed by atoms with Gasteiger partial charge in [-0.25, -0.2) is 12.8 Å². The van der Waals surface area contributed by atoms with Gasteiger partial charge in [0.05, 0.1) is 24.0 Å². The summed E-state index contributed by atoms with van der Waals surface area (Å²) in [6.45, 7) is 0.862. The SMILES string of the molecule is O=C(O)C1CC1c1ccc(NCc2cc3c(cc2F)CCCc2cc(OCC4CCS(=O)(=O)CC4)ccc2-3)cc1. The van der Waals surface area contributed by atoms with E-state index in [1.807, 2.05) is 36.4 Å². The van der Waals surface area contributed by atoms with E-state index < -0.39 is 15.8 Å². The highest BCUT2D eigenvalue weighted by Crippen LogP contribution is 2.47. The Morgan fingerprint density at radius 3 is 2.40 bits per heavy atom. The van der Waals surface area contributed by atoms with Gasteiger partial charge in [-0.3, -0.25) is 4.79 Å². The molecule has 1 saturated heterocycles. The molecule has 2 aliphatic carbocycles. The van der Waals surface area contributed by atoms with E-state index in [1.54, 1.807) is 6.07 Å². The molecular weight excluding hydrogens is 529 g/mol. The van der Waals surface area contributed by atoms with Crippen molar-refractivity contribution in [3.05, 3.63) is 82.7 Å². The predicted molar refractivity (Wildman–Crippen MR) is 153 cm³/mol. The number of hydrogen-bond acceptors (Lipinski definition) is 5. The zero-order valence-corrected chi connectivity index (χ0v) is 23.2. The van der Waals surface area contributed by atoms with Gasteiger partial charge in [0.15, 0.2) is 0 Å². The molecule has 0 aromatic heterocycles. The number of carboxylic acids is 1. The Morgan fingerprint density at radius 1 is 0.975 bits per heavy atom. The predicted octanol–water partition coefficient (Wildman–Crippen LogP) is 5.99. The lowest BCUT2D eigenvalue weighted by molar-refractivity contribution is -0.138. The Hall–Kier alpha value is -3.39. The second-order valence-electron chi connectivity index (χ2n) is 11.4. The van der Waals surface area contributed by atoms with Crippen LogP contribution in [0.1, 0.15) is 53.9 Å². The average molecular weight is 564 g/mol. The van der Waals surface area contributed by atoms with Crippen LogP contribution in [0, 0.1) is 17.7 Å². The third-order valence-electron chi connectivity index (χ3n) is 8.62. The van der Waals surface area contributed by atoms with Crippen molar-refractivity contribution in [3.63, 3.8) is 0 Å². The molecule has 0 radical (unpaired) electrons. The maximum atomic E-state index is 15.1. The first kappa shape index (κ1) is 26.8. The van der Waals surface area contributed by atoms with E-state index in [4.69, 9.17) is 9.84 Å². The first-order chi connectivity index (χ1) is 19.3. The summed E-state index contributed by atoms with van der Waals surface area (Å²) in [5, 5.41) is 12.5. The number of rotatable bonds is 8. The lowest BCUT2D eigenvalue weighted by Gasteiger charge is -2.22. The van der Waals surface area contributed by atoms with Crippen LogP contribution in [0.2, 0.25) is 0 Å². The minimum atomic E-state index is -2.88. The smallest absolute Gasteiger partial charge is 0.307 e. The highest BCUT2D eigenvalue weighted by molar-refractivity contribution is 7.91. The molecule has 3 aliphatic rings. The van der Waals surface area contributed by atoms with Crippen molar-refractivity contribution in [2.45, 2.75) is 51.0 Å². The highest BCUT2D eigenvalue weighted by Gasteiger charge is 2.44. The molecule has 2 fully saturated rings. The van der Waals surface area contributed by atoms with E-state index in [2.05, 4.69) is 17.4 Å². The Labute approximate surface area is 234 Å². The summed E-state index contributed by atoms with van der Waals surface area (Å²) in [4.78, 5) is 11.2. The molecule has 2 unspecified atom stereocenters. The van der Waals surface area contributed by atoms with Crippen LogP contribution in [0.4, 0.5) is 10.1 Å². The fraction of sp³-hybridized carbons (Fsp3) is 0.406. The summed E-state index contributed by atoms with van der Waals surface area (Å²) < 4.78 is 44.6. The van der Waals surface area contributed by atoms with Crippen LogP contribution in [-0.4, -0.2) is 37.6 Å². The molecule has 0 amide bonds. The summed E-state index contributed by atoms with van der Waals surface area (Å²) in [7, 11) is -2.88. The molecule has 3 aromatic rings. The van der Waals surface area contributed by atoms with Crippen LogP contribution in [0.3, 0.4) is 0 Å². The molecule has 0 bridgehead atoms. The van der Waals surface area contributed by atoms with Crippen molar-refractivity contribution in [3.8, 4) is 16.9 Å². The maximum absolute atomic E-state index is 15.1. The fourth-order valence-electron chi connectivity index (χ4n) is 6.05. The number of benzene rings is 3. The van der Waals surface area contributed by atoms with E-state index in [-0.39, 0.29) is 35.1 Å². The molecule has 6 rings (SSSR count). The lowest BCUT2D eigenvalue weighted by Crippen LogP contribution is -2.26. The summed E-state index contributed by atoms with van der Waals surface area (Å²) in [5.41, 5.74) is 6.84. The minimum Gasteiger partial charge on any atom is -0.493 e. The third-order valence-corrected chi connectivity index (χ3v) is 10.3. The second-order valence-corrected chi connectivity index (χ2v) is 13.7. The van der Waals surface area contributed by atoms with Gasteiger partial charge in [-0.15, -0.1) is 0 Å². The number of anilines is 1. The largest absolute Gasteiger partial charge is 0.493 e. The van der Waals surface area contributed by atoms with Crippen LogP contribution in [-0.2, 0) is 34.0 Å². The quantitative estimate of drug-likeness (QED) is 0.350. The Kier molecular flexibility index (Phi) is 7.29. The molecule has 6 nitrogen and oxygen atoms in total. The topological polar surface area (TPSA) is 92.7 Å². The van der Waals surface area contributed by atoms with Crippen LogP contribution in [0.25, 0.3) is 11.1 Å². The zero-order valence-electron chi connectivity index (χ0n) is 22.4. The number of fused-ring (bicyclic) bond motifs is 3. The van der Waals surface area contributed by atoms with Gasteiger partial charge in [-0.05, 0) is 115 Å². The molecule has 3 aromatic carbocycles. The highest BCUT2D eigenvalue weighted by atomic mass is 32.2. The van der Waals surface area contributed by atoms with Gasteiger partial charge in [0, 0.05) is 17.8 Å². The normalized spacial score (nSPS) is 21.5.